The predicted octanol–water partition coefficient (Wildman–Crippen LogP) is 0.0810. The van der Waals surface area contributed by atoms with E-state index in [0.717, 1.165) is 10.4 Å². The third-order valence-electron chi connectivity index (χ3n) is 3.21. The molecule has 0 bridgehead atoms. The first kappa shape index (κ1) is 13.2. The summed E-state index contributed by atoms with van der Waals surface area (Å²) in [4.78, 5) is 35.4. The Morgan fingerprint density at radius 1 is 1.19 bits per heavy atom. The summed E-state index contributed by atoms with van der Waals surface area (Å²) in [5.74, 6) is -1.34. The molecule has 21 heavy (non-hydrogen) atoms. The van der Waals surface area contributed by atoms with Crippen LogP contribution >= 0.6 is 0 Å². The van der Waals surface area contributed by atoms with Gasteiger partial charge in [-0.3, -0.25) is 19.3 Å². The second kappa shape index (κ2) is 5.31. The molecule has 0 radical (unpaired) electrons. The molecule has 3 rings (SSSR count). The van der Waals surface area contributed by atoms with Crippen LogP contribution in [0.15, 0.2) is 24.3 Å². The summed E-state index contributed by atoms with van der Waals surface area (Å²) in [5.41, 5.74) is 1.43. The monoisotopic (exact) mass is 288 g/mol. The van der Waals surface area contributed by atoms with E-state index in [4.69, 9.17) is 4.74 Å². The van der Waals surface area contributed by atoms with Crippen molar-refractivity contribution < 1.29 is 19.1 Å². The fraction of sp³-hybridized carbons (Fsp3) is 0.308. The number of esters is 1. The number of imide groups is 1. The van der Waals surface area contributed by atoms with Crippen LogP contribution in [0.25, 0.3) is 11.0 Å². The average molecular weight is 288 g/mol. The van der Waals surface area contributed by atoms with Gasteiger partial charge < -0.3 is 4.74 Å². The van der Waals surface area contributed by atoms with Gasteiger partial charge in [0, 0.05) is 12.8 Å². The Bertz CT molecular complexity index is 708. The van der Waals surface area contributed by atoms with Gasteiger partial charge in [0.05, 0.1) is 5.52 Å². The largest absolute Gasteiger partial charge is 0.441 e. The van der Waals surface area contributed by atoms with Crippen LogP contribution in [-0.2, 0) is 25.9 Å². The third-order valence-corrected chi connectivity index (χ3v) is 3.21. The summed E-state index contributed by atoms with van der Waals surface area (Å²) in [6.45, 7) is -0.472. The summed E-state index contributed by atoms with van der Waals surface area (Å²) >= 11 is 0. The van der Waals surface area contributed by atoms with E-state index in [1.165, 1.54) is 4.68 Å². The molecule has 1 aromatic heterocycles. The van der Waals surface area contributed by atoms with E-state index in [1.54, 1.807) is 12.1 Å². The molecule has 2 amide bonds. The lowest BCUT2D eigenvalue weighted by Crippen LogP contribution is -2.35. The maximum atomic E-state index is 11.7. The molecule has 0 saturated carbocycles. The van der Waals surface area contributed by atoms with Crippen molar-refractivity contribution in [3.63, 3.8) is 0 Å². The summed E-state index contributed by atoms with van der Waals surface area (Å²) in [7, 11) is 0. The Hall–Kier alpha value is -2.77. The van der Waals surface area contributed by atoms with Crippen molar-refractivity contribution in [1.29, 1.82) is 0 Å². The molecule has 1 aliphatic rings. The normalized spacial score (nSPS) is 15.0. The number of ether oxygens (including phenoxy) is 1. The van der Waals surface area contributed by atoms with Gasteiger partial charge in [0.2, 0.25) is 11.8 Å². The number of hydrogen-bond donors (Lipinski definition) is 0. The molecular formula is C13H12N4O4. The smallest absolute Gasteiger partial charge is 0.327 e. The van der Waals surface area contributed by atoms with Crippen LogP contribution < -0.4 is 0 Å². The fourth-order valence-corrected chi connectivity index (χ4v) is 2.12. The van der Waals surface area contributed by atoms with Crippen molar-refractivity contribution >= 4 is 28.8 Å². The maximum Gasteiger partial charge on any atom is 0.327 e. The van der Waals surface area contributed by atoms with Crippen molar-refractivity contribution in [3.8, 4) is 0 Å². The molecule has 2 aromatic rings. The van der Waals surface area contributed by atoms with Crippen LogP contribution in [0.1, 0.15) is 12.8 Å². The van der Waals surface area contributed by atoms with Gasteiger partial charge in [0.1, 0.15) is 12.1 Å². The lowest BCUT2D eigenvalue weighted by atomic mass is 10.3. The summed E-state index contributed by atoms with van der Waals surface area (Å²) < 4.78 is 6.46. The first-order valence-corrected chi connectivity index (χ1v) is 6.42. The summed E-state index contributed by atoms with van der Waals surface area (Å²) in [5, 5.41) is 7.80. The molecule has 108 valence electrons. The highest BCUT2D eigenvalue weighted by Gasteiger charge is 2.30. The van der Waals surface area contributed by atoms with E-state index >= 15 is 0 Å². The molecule has 0 aliphatic carbocycles. The molecule has 0 unspecified atom stereocenters. The van der Waals surface area contributed by atoms with Gasteiger partial charge in [-0.1, -0.05) is 17.3 Å². The minimum absolute atomic E-state index is 0.116. The molecule has 1 aromatic carbocycles. The molecule has 0 N–H and O–H groups in total. The van der Waals surface area contributed by atoms with Crippen molar-refractivity contribution in [2.24, 2.45) is 0 Å². The zero-order valence-corrected chi connectivity index (χ0v) is 11.1. The van der Waals surface area contributed by atoms with Gasteiger partial charge in [-0.05, 0) is 12.1 Å². The molecule has 8 heteroatoms. The predicted molar refractivity (Wildman–Crippen MR) is 69.6 cm³/mol. The standard InChI is InChI=1S/C13H12N4O4/c18-11-5-6-12(19)16(11)7-13(20)21-8-17-10-4-2-1-3-9(10)14-15-17/h1-4H,5-8H2. The van der Waals surface area contributed by atoms with Gasteiger partial charge >= 0.3 is 5.97 Å². The number of aromatic nitrogens is 3. The molecule has 1 aliphatic heterocycles. The number of likely N-dealkylation sites (tertiary alicyclic amines) is 1. The van der Waals surface area contributed by atoms with Crippen LogP contribution in [0.4, 0.5) is 0 Å². The highest BCUT2D eigenvalue weighted by atomic mass is 16.5. The van der Waals surface area contributed by atoms with Crippen molar-refractivity contribution in [1.82, 2.24) is 19.9 Å². The molecule has 8 nitrogen and oxygen atoms in total. The van der Waals surface area contributed by atoms with E-state index in [-0.39, 0.29) is 37.9 Å². The van der Waals surface area contributed by atoms with Crippen LogP contribution in [0.3, 0.4) is 0 Å². The molecule has 1 saturated heterocycles. The Labute approximate surface area is 119 Å². The minimum Gasteiger partial charge on any atom is -0.441 e. The van der Waals surface area contributed by atoms with Crippen molar-refractivity contribution in [2.45, 2.75) is 19.6 Å². The summed E-state index contributed by atoms with van der Waals surface area (Å²) in [6.07, 6.45) is 0.305. The number of nitrogens with zero attached hydrogens (tertiary/aromatic N) is 4. The van der Waals surface area contributed by atoms with E-state index in [0.29, 0.717) is 5.52 Å². The van der Waals surface area contributed by atoms with Gasteiger partial charge in [0.15, 0.2) is 6.73 Å². The zero-order chi connectivity index (χ0) is 14.8. The highest BCUT2D eigenvalue weighted by Crippen LogP contribution is 2.12. The van der Waals surface area contributed by atoms with Crippen molar-refractivity contribution in [3.05, 3.63) is 24.3 Å². The number of benzene rings is 1. The average Bonchev–Trinajstić information content (AvgIpc) is 3.03. The first-order valence-electron chi connectivity index (χ1n) is 6.42. The van der Waals surface area contributed by atoms with E-state index in [2.05, 4.69) is 10.3 Å². The van der Waals surface area contributed by atoms with E-state index in [9.17, 15) is 14.4 Å². The second-order valence-corrected chi connectivity index (χ2v) is 4.60. The first-order chi connectivity index (χ1) is 10.1. The minimum atomic E-state index is -0.654. The van der Waals surface area contributed by atoms with Crippen molar-refractivity contribution in [2.75, 3.05) is 6.54 Å². The van der Waals surface area contributed by atoms with Gasteiger partial charge in [-0.15, -0.1) is 5.10 Å². The van der Waals surface area contributed by atoms with Gasteiger partial charge in [-0.25, -0.2) is 4.68 Å². The highest BCUT2D eigenvalue weighted by molar-refractivity contribution is 6.04. The number of carbonyl (C=O) groups excluding carboxylic acids is 3. The third kappa shape index (κ3) is 2.60. The van der Waals surface area contributed by atoms with E-state index in [1.807, 2.05) is 12.1 Å². The number of carbonyl (C=O) groups is 3. The Morgan fingerprint density at radius 3 is 2.67 bits per heavy atom. The fourth-order valence-electron chi connectivity index (χ4n) is 2.12. The van der Waals surface area contributed by atoms with Gasteiger partial charge in [0.25, 0.3) is 0 Å². The van der Waals surface area contributed by atoms with Crippen LogP contribution in [0, 0.1) is 0 Å². The Kier molecular flexibility index (Phi) is 3.35. The number of fused-ring (bicyclic) bond motifs is 1. The number of rotatable bonds is 4. The SMILES string of the molecule is O=C(CN1C(=O)CCC1=O)OCn1nnc2ccccc21. The van der Waals surface area contributed by atoms with Crippen LogP contribution in [0.5, 0.6) is 0 Å². The molecule has 0 spiro atoms. The molecule has 0 atom stereocenters. The zero-order valence-electron chi connectivity index (χ0n) is 11.1. The Balaban J connectivity index is 1.61. The molecule has 1 fully saturated rings. The second-order valence-electron chi connectivity index (χ2n) is 4.60. The topological polar surface area (TPSA) is 94.4 Å². The Morgan fingerprint density at radius 2 is 1.90 bits per heavy atom. The quantitative estimate of drug-likeness (QED) is 0.584. The summed E-state index contributed by atoms with van der Waals surface area (Å²) in [6, 6.07) is 7.25. The lowest BCUT2D eigenvalue weighted by molar-refractivity contribution is -0.155. The van der Waals surface area contributed by atoms with Gasteiger partial charge in [-0.2, -0.15) is 0 Å². The lowest BCUT2D eigenvalue weighted by Gasteiger charge is -2.12. The number of hydrogen-bond acceptors (Lipinski definition) is 6. The van der Waals surface area contributed by atoms with E-state index < -0.39 is 5.97 Å². The number of amides is 2. The van der Waals surface area contributed by atoms with Crippen LogP contribution in [0.2, 0.25) is 0 Å². The number of para-hydroxylation sites is 1. The maximum absolute atomic E-state index is 11.7. The molecular weight excluding hydrogens is 276 g/mol. The molecule has 2 heterocycles. The van der Waals surface area contributed by atoms with Crippen LogP contribution in [-0.4, -0.2) is 44.2 Å².